The molecule has 5 nitrogen and oxygen atoms in total. The van der Waals surface area contributed by atoms with Gasteiger partial charge in [-0.05, 0) is 91.4 Å². The number of aromatic nitrogens is 1. The highest BCUT2D eigenvalue weighted by atomic mass is 35.5. The number of amides is 1. The van der Waals surface area contributed by atoms with Gasteiger partial charge in [0.2, 0.25) is 5.91 Å². The van der Waals surface area contributed by atoms with Gasteiger partial charge < -0.3 is 15.1 Å². The lowest BCUT2D eigenvalue weighted by Crippen LogP contribution is -2.48. The average Bonchev–Trinajstić information content (AvgIpc) is 3.58. The normalized spacial score (nSPS) is 16.9. The van der Waals surface area contributed by atoms with Crippen LogP contribution in [0.25, 0.3) is 17.0 Å². The van der Waals surface area contributed by atoms with Gasteiger partial charge in [0, 0.05) is 65.8 Å². The van der Waals surface area contributed by atoms with Crippen molar-refractivity contribution in [2.45, 2.75) is 63.3 Å². The molecular weight excluding hydrogens is 597 g/mol. The third-order valence-corrected chi connectivity index (χ3v) is 9.25. The molecule has 4 aromatic rings. The Morgan fingerprint density at radius 2 is 1.67 bits per heavy atom. The summed E-state index contributed by atoms with van der Waals surface area (Å²) in [6.45, 7) is 2.38. The minimum absolute atomic E-state index is 0.0835. The highest BCUT2D eigenvalue weighted by molar-refractivity contribution is 6.31. The maximum Gasteiger partial charge on any atom is 0.416 e. The predicted molar refractivity (Wildman–Crippen MR) is 174 cm³/mol. The molecule has 9 heteroatoms. The van der Waals surface area contributed by atoms with E-state index in [1.54, 1.807) is 12.3 Å². The molecule has 1 aromatic heterocycles. The number of piperidine rings is 1. The van der Waals surface area contributed by atoms with E-state index in [1.807, 2.05) is 53.4 Å². The van der Waals surface area contributed by atoms with E-state index in [4.69, 9.17) is 11.6 Å². The fraction of sp³-hybridized carbons (Fsp3) is 0.333. The number of alkyl halides is 3. The van der Waals surface area contributed by atoms with E-state index in [9.17, 15) is 18.0 Å². The molecule has 0 radical (unpaired) electrons. The molecule has 1 saturated heterocycles. The van der Waals surface area contributed by atoms with Crippen molar-refractivity contribution in [1.29, 1.82) is 0 Å². The summed E-state index contributed by atoms with van der Waals surface area (Å²) in [5.41, 5.74) is 3.48. The largest absolute Gasteiger partial charge is 0.416 e. The van der Waals surface area contributed by atoms with Gasteiger partial charge in [-0.2, -0.15) is 13.2 Å². The Morgan fingerprint density at radius 3 is 2.36 bits per heavy atom. The fourth-order valence-corrected chi connectivity index (χ4v) is 6.71. The summed E-state index contributed by atoms with van der Waals surface area (Å²) in [6.07, 6.45) is 7.33. The molecule has 1 saturated carbocycles. The maximum atomic E-state index is 13.7. The number of likely N-dealkylation sites (tertiary alicyclic amines) is 1. The van der Waals surface area contributed by atoms with E-state index >= 15 is 0 Å². The van der Waals surface area contributed by atoms with Gasteiger partial charge in [0.25, 0.3) is 0 Å². The van der Waals surface area contributed by atoms with Crippen LogP contribution in [0.5, 0.6) is 0 Å². The number of carbonyl (C=O) groups is 1. The van der Waals surface area contributed by atoms with Crippen LogP contribution in [0.3, 0.4) is 0 Å². The molecule has 3 aromatic carbocycles. The predicted octanol–water partition coefficient (Wildman–Crippen LogP) is 9.10. The van der Waals surface area contributed by atoms with Gasteiger partial charge in [-0.25, -0.2) is 0 Å². The minimum atomic E-state index is -4.40. The Balaban J connectivity index is 1.17. The smallest absolute Gasteiger partial charge is 0.355 e. The van der Waals surface area contributed by atoms with Crippen LogP contribution < -0.4 is 5.32 Å². The zero-order valence-electron chi connectivity index (χ0n) is 24.9. The first-order chi connectivity index (χ1) is 21.7. The molecule has 1 aliphatic heterocycles. The van der Waals surface area contributed by atoms with Crippen molar-refractivity contribution in [3.05, 3.63) is 107 Å². The third kappa shape index (κ3) is 7.68. The van der Waals surface area contributed by atoms with Crippen LogP contribution in [0.1, 0.15) is 55.2 Å². The lowest BCUT2D eigenvalue weighted by atomic mass is 9.99. The van der Waals surface area contributed by atoms with Crippen molar-refractivity contribution in [2.75, 3.05) is 18.4 Å². The van der Waals surface area contributed by atoms with E-state index in [2.05, 4.69) is 15.2 Å². The molecule has 45 heavy (non-hydrogen) atoms. The number of nitrogens with one attached hydrogen (secondary N) is 1. The van der Waals surface area contributed by atoms with Crippen LogP contribution in [-0.4, -0.2) is 45.9 Å². The summed E-state index contributed by atoms with van der Waals surface area (Å²) in [4.78, 5) is 22.6. The second-order valence-corrected chi connectivity index (χ2v) is 12.4. The highest BCUT2D eigenvalue weighted by Gasteiger charge is 2.32. The van der Waals surface area contributed by atoms with Gasteiger partial charge in [-0.15, -0.1) is 0 Å². The van der Waals surface area contributed by atoms with E-state index in [1.165, 1.54) is 43.9 Å². The maximum absolute atomic E-state index is 13.7. The number of fused-ring (bicyclic) bond motifs is 1. The number of hydrogen-bond acceptors (Lipinski definition) is 4. The number of rotatable bonds is 8. The number of halogens is 4. The molecule has 1 aliphatic carbocycles. The van der Waals surface area contributed by atoms with Crippen LogP contribution in [0.2, 0.25) is 5.02 Å². The molecule has 2 aliphatic rings. The molecule has 6 rings (SSSR count). The first-order valence-electron chi connectivity index (χ1n) is 15.5. The number of anilines is 2. The topological polar surface area (TPSA) is 48.5 Å². The molecule has 2 fully saturated rings. The SMILES string of the molecule is O=C(C=Cc1ccc(C(F)(F)F)cc1)N(Cc1ccc(Nc2ccnc3cc(Cl)ccc23)cc1)C1CCN(C2CCCC2)CC1. The zero-order chi connectivity index (χ0) is 31.4. The van der Waals surface area contributed by atoms with Crippen LogP contribution in [-0.2, 0) is 17.5 Å². The van der Waals surface area contributed by atoms with Crippen molar-refractivity contribution in [3.8, 4) is 0 Å². The first-order valence-corrected chi connectivity index (χ1v) is 15.9. The molecule has 234 valence electrons. The van der Waals surface area contributed by atoms with Crippen LogP contribution in [0.4, 0.5) is 24.5 Å². The van der Waals surface area contributed by atoms with Crippen molar-refractivity contribution >= 4 is 45.9 Å². The standard InChI is InChI=1S/C36H36ClF3N4O/c37-28-12-15-32-33(17-20-41-34(32)23-28)42-29-13-7-26(8-14-29)24-44(31-18-21-43(22-19-31)30-3-1-2-4-30)35(45)16-9-25-5-10-27(11-6-25)36(38,39)40/h5-17,20,23,30-31H,1-4,18-19,21-22,24H2,(H,41,42). The van der Waals surface area contributed by atoms with Crippen molar-refractivity contribution in [1.82, 2.24) is 14.8 Å². The van der Waals surface area contributed by atoms with Crippen LogP contribution in [0.15, 0.2) is 85.1 Å². The first kappa shape index (κ1) is 31.1. The van der Waals surface area contributed by atoms with Crippen molar-refractivity contribution < 1.29 is 18.0 Å². The third-order valence-electron chi connectivity index (χ3n) is 9.01. The monoisotopic (exact) mass is 632 g/mol. The number of carbonyl (C=O) groups excluding carboxylic acids is 1. The molecule has 1 amide bonds. The Bertz CT molecular complexity index is 1640. The lowest BCUT2D eigenvalue weighted by molar-refractivity contribution is -0.137. The molecule has 2 heterocycles. The Labute approximate surface area is 266 Å². The van der Waals surface area contributed by atoms with Gasteiger partial charge in [-0.3, -0.25) is 9.78 Å². The van der Waals surface area contributed by atoms with Gasteiger partial charge >= 0.3 is 6.18 Å². The van der Waals surface area contributed by atoms with E-state index in [-0.39, 0.29) is 11.9 Å². The minimum Gasteiger partial charge on any atom is -0.355 e. The van der Waals surface area contributed by atoms with Gasteiger partial charge in [0.1, 0.15) is 0 Å². The number of benzene rings is 3. The second kappa shape index (κ2) is 13.6. The molecule has 1 N–H and O–H groups in total. The average molecular weight is 633 g/mol. The number of pyridine rings is 1. The van der Waals surface area contributed by atoms with Crippen molar-refractivity contribution in [2.24, 2.45) is 0 Å². The van der Waals surface area contributed by atoms with Crippen LogP contribution in [0, 0.1) is 0 Å². The lowest BCUT2D eigenvalue weighted by Gasteiger charge is -2.40. The van der Waals surface area contributed by atoms with E-state index < -0.39 is 11.7 Å². The quantitative estimate of drug-likeness (QED) is 0.197. The van der Waals surface area contributed by atoms with E-state index in [0.717, 1.165) is 65.9 Å². The summed E-state index contributed by atoms with van der Waals surface area (Å²) in [5.74, 6) is -0.140. The molecule has 0 unspecified atom stereocenters. The number of hydrogen-bond donors (Lipinski definition) is 1. The summed E-state index contributed by atoms with van der Waals surface area (Å²) in [6, 6.07) is 21.2. The van der Waals surface area contributed by atoms with Crippen LogP contribution >= 0.6 is 11.6 Å². The van der Waals surface area contributed by atoms with Crippen molar-refractivity contribution in [3.63, 3.8) is 0 Å². The molecule has 0 spiro atoms. The van der Waals surface area contributed by atoms with E-state index in [0.29, 0.717) is 23.2 Å². The Hall–Kier alpha value is -3.88. The highest BCUT2D eigenvalue weighted by Crippen LogP contribution is 2.31. The summed E-state index contributed by atoms with van der Waals surface area (Å²) < 4.78 is 39.0. The van der Waals surface area contributed by atoms with Gasteiger partial charge in [0.05, 0.1) is 11.1 Å². The summed E-state index contributed by atoms with van der Waals surface area (Å²) >= 11 is 6.14. The number of nitrogens with zero attached hydrogens (tertiary/aromatic N) is 3. The summed E-state index contributed by atoms with van der Waals surface area (Å²) in [7, 11) is 0. The summed E-state index contributed by atoms with van der Waals surface area (Å²) in [5, 5.41) is 5.06. The molecule has 0 atom stereocenters. The Morgan fingerprint density at radius 1 is 0.956 bits per heavy atom. The van der Waals surface area contributed by atoms with Gasteiger partial charge in [-0.1, -0.05) is 48.7 Å². The second-order valence-electron chi connectivity index (χ2n) is 12.0. The zero-order valence-corrected chi connectivity index (χ0v) is 25.7. The molecular formula is C36H36ClF3N4O. The molecule has 0 bridgehead atoms. The fourth-order valence-electron chi connectivity index (χ4n) is 6.54. The Kier molecular flexibility index (Phi) is 9.42. The van der Waals surface area contributed by atoms with Gasteiger partial charge in [0.15, 0.2) is 0 Å².